The highest BCUT2D eigenvalue weighted by Gasteiger charge is 2.50. The third kappa shape index (κ3) is 5.80. The van der Waals surface area contributed by atoms with Crippen molar-refractivity contribution in [3.05, 3.63) is 35.1 Å². The van der Waals surface area contributed by atoms with E-state index in [0.29, 0.717) is 22.4 Å². The molecule has 0 bridgehead atoms. The van der Waals surface area contributed by atoms with Gasteiger partial charge in [-0.25, -0.2) is 12.8 Å². The second-order valence-electron chi connectivity index (χ2n) is 6.52. The van der Waals surface area contributed by atoms with Crippen molar-refractivity contribution in [2.45, 2.75) is 24.9 Å². The lowest BCUT2D eigenvalue weighted by molar-refractivity contribution is -0.0496. The number of hydrogen-bond acceptors (Lipinski definition) is 4. The van der Waals surface area contributed by atoms with Crippen molar-refractivity contribution < 1.29 is 26.0 Å². The number of nitrogens with zero attached hydrogens (tertiary/aromatic N) is 3. The molecule has 0 aromatic heterocycles. The van der Waals surface area contributed by atoms with Gasteiger partial charge in [-0.2, -0.15) is 22.7 Å². The highest BCUT2D eigenvalue weighted by Crippen LogP contribution is 2.30. The number of rotatable bonds is 5. The summed E-state index contributed by atoms with van der Waals surface area (Å²) in [6, 6.07) is 5.93. The lowest BCUT2D eigenvalue weighted by Crippen LogP contribution is -2.47. The summed E-state index contributed by atoms with van der Waals surface area (Å²) in [6.45, 7) is 0.0579. The zero-order valence-corrected chi connectivity index (χ0v) is 16.4. The molecule has 1 fully saturated rings. The molecule has 1 aromatic carbocycles. The first kappa shape index (κ1) is 22.9. The van der Waals surface area contributed by atoms with Crippen molar-refractivity contribution in [3.63, 3.8) is 0 Å². The second-order valence-corrected chi connectivity index (χ2v) is 8.45. The van der Waals surface area contributed by atoms with Gasteiger partial charge in [-0.15, -0.1) is 0 Å². The van der Waals surface area contributed by atoms with Crippen LogP contribution in [-0.2, 0) is 16.6 Å². The van der Waals surface area contributed by atoms with E-state index < -0.39 is 21.3 Å². The molecule has 0 spiro atoms. The van der Waals surface area contributed by atoms with E-state index in [1.54, 1.807) is 0 Å². The van der Waals surface area contributed by atoms with E-state index in [1.165, 1.54) is 25.2 Å². The van der Waals surface area contributed by atoms with Gasteiger partial charge in [0.15, 0.2) is 5.96 Å². The summed E-state index contributed by atoms with van der Waals surface area (Å²) < 4.78 is 74.9. The van der Waals surface area contributed by atoms with Crippen LogP contribution in [0.5, 0.6) is 0 Å². The van der Waals surface area contributed by atoms with Gasteiger partial charge in [0.25, 0.3) is 0 Å². The summed E-state index contributed by atoms with van der Waals surface area (Å²) >= 11 is 0. The Labute approximate surface area is 166 Å². The molecule has 7 nitrogen and oxygen atoms in total. The van der Waals surface area contributed by atoms with E-state index in [4.69, 9.17) is 5.26 Å². The fourth-order valence-corrected chi connectivity index (χ4v) is 3.90. The van der Waals surface area contributed by atoms with E-state index in [0.717, 1.165) is 0 Å². The van der Waals surface area contributed by atoms with E-state index in [2.05, 4.69) is 15.6 Å². The molecule has 0 aliphatic carbocycles. The molecule has 1 aliphatic heterocycles. The number of nitrogens with one attached hydrogen (secondary N) is 2. The minimum Gasteiger partial charge on any atom is -0.356 e. The van der Waals surface area contributed by atoms with Gasteiger partial charge in [0.1, 0.15) is 5.82 Å². The molecule has 29 heavy (non-hydrogen) atoms. The summed E-state index contributed by atoms with van der Waals surface area (Å²) in [5.41, 5.74) is -4.67. The molecule has 2 N–H and O–H groups in total. The summed E-state index contributed by atoms with van der Waals surface area (Å²) in [6.07, 6.45) is 0.552. The van der Waals surface area contributed by atoms with E-state index in [1.807, 2.05) is 6.07 Å². The Hall–Kier alpha value is -2.39. The summed E-state index contributed by atoms with van der Waals surface area (Å²) in [4.78, 5) is 4.00. The zero-order chi connectivity index (χ0) is 21.7. The minimum absolute atomic E-state index is 0.0353. The lowest BCUT2D eigenvalue weighted by atomic mass is 9.98. The van der Waals surface area contributed by atoms with Gasteiger partial charge in [-0.05, 0) is 37.0 Å². The predicted molar refractivity (Wildman–Crippen MR) is 98.6 cm³/mol. The quantitative estimate of drug-likeness (QED) is 0.419. The van der Waals surface area contributed by atoms with E-state index in [9.17, 15) is 26.0 Å². The Balaban J connectivity index is 1.83. The Kier molecular flexibility index (Phi) is 7.43. The molecule has 1 aromatic rings. The van der Waals surface area contributed by atoms with Crippen LogP contribution >= 0.6 is 0 Å². The van der Waals surface area contributed by atoms with Gasteiger partial charge >= 0.3 is 15.5 Å². The molecular formula is C17H21F4N5O2S. The first-order chi connectivity index (χ1) is 13.6. The fraction of sp³-hybridized carbons (Fsp3) is 0.529. The first-order valence-electron chi connectivity index (χ1n) is 8.78. The van der Waals surface area contributed by atoms with Crippen molar-refractivity contribution >= 4 is 16.0 Å². The van der Waals surface area contributed by atoms with E-state index in [-0.39, 0.29) is 44.0 Å². The van der Waals surface area contributed by atoms with Gasteiger partial charge in [-0.1, -0.05) is 0 Å². The molecule has 12 heteroatoms. The predicted octanol–water partition coefficient (Wildman–Crippen LogP) is 1.92. The van der Waals surface area contributed by atoms with Gasteiger partial charge < -0.3 is 10.6 Å². The number of aliphatic imine (C=N–C) groups is 1. The first-order valence-corrected chi connectivity index (χ1v) is 10.2. The standard InChI is InChI=1S/C17H21F4N5O2S/c1-23-16(25-11-14-8-13(9-22)2-3-15(14)18)24-10-12-4-6-26(7-5-12)29(27,28)17(19,20)21/h2-3,8,12H,4-7,10-11H2,1H3,(H2,23,24,25). The number of halogens is 4. The smallest absolute Gasteiger partial charge is 0.356 e. The van der Waals surface area contributed by atoms with Gasteiger partial charge in [0, 0.05) is 38.8 Å². The van der Waals surface area contributed by atoms with Crippen LogP contribution in [0, 0.1) is 23.1 Å². The molecule has 0 radical (unpaired) electrons. The van der Waals surface area contributed by atoms with Crippen LogP contribution in [0.15, 0.2) is 23.2 Å². The van der Waals surface area contributed by atoms with Crippen molar-refractivity contribution in [1.29, 1.82) is 5.26 Å². The molecule has 1 heterocycles. The zero-order valence-electron chi connectivity index (χ0n) is 15.6. The SMILES string of the molecule is CN=C(NCc1cc(C#N)ccc1F)NCC1CCN(S(=O)(=O)C(F)(F)F)CC1. The van der Waals surface area contributed by atoms with Crippen molar-refractivity contribution in [1.82, 2.24) is 14.9 Å². The molecule has 1 saturated heterocycles. The molecule has 2 rings (SSSR count). The number of alkyl halides is 3. The summed E-state index contributed by atoms with van der Waals surface area (Å²) in [5, 5.41) is 14.8. The normalized spacial score (nSPS) is 17.0. The molecule has 1 aliphatic rings. The van der Waals surface area contributed by atoms with Crippen molar-refractivity contribution in [3.8, 4) is 6.07 Å². The maximum Gasteiger partial charge on any atom is 0.511 e. The second kappa shape index (κ2) is 9.41. The Bertz CT molecular complexity index is 888. The molecule has 0 atom stereocenters. The third-order valence-corrected chi connectivity index (χ3v) is 6.24. The molecule has 0 saturated carbocycles. The van der Waals surface area contributed by atoms with Gasteiger partial charge in [0.05, 0.1) is 11.6 Å². The third-order valence-electron chi connectivity index (χ3n) is 4.61. The average Bonchev–Trinajstić information content (AvgIpc) is 2.68. The Morgan fingerprint density at radius 2 is 1.97 bits per heavy atom. The topological polar surface area (TPSA) is 97.6 Å². The van der Waals surface area contributed by atoms with Crippen molar-refractivity contribution in [2.75, 3.05) is 26.7 Å². The highest BCUT2D eigenvalue weighted by atomic mass is 32.2. The number of sulfonamides is 1. The van der Waals surface area contributed by atoms with Crippen molar-refractivity contribution in [2.24, 2.45) is 10.9 Å². The summed E-state index contributed by atoms with van der Waals surface area (Å²) in [5.74, 6) is -0.144. The maximum absolute atomic E-state index is 13.8. The Morgan fingerprint density at radius 1 is 1.31 bits per heavy atom. The van der Waals surface area contributed by atoms with Crippen LogP contribution in [0.25, 0.3) is 0 Å². The van der Waals surface area contributed by atoms with Crippen LogP contribution in [0.4, 0.5) is 17.6 Å². The lowest BCUT2D eigenvalue weighted by Gasteiger charge is -2.31. The Morgan fingerprint density at radius 3 is 2.52 bits per heavy atom. The molecule has 160 valence electrons. The van der Waals surface area contributed by atoms with Crippen LogP contribution in [-0.4, -0.2) is 50.9 Å². The number of nitriles is 1. The summed E-state index contributed by atoms with van der Waals surface area (Å²) in [7, 11) is -3.78. The minimum atomic E-state index is -5.29. The van der Waals surface area contributed by atoms with Crippen LogP contribution < -0.4 is 10.6 Å². The molecule has 0 unspecified atom stereocenters. The van der Waals surface area contributed by atoms with Gasteiger partial charge in [0.2, 0.25) is 0 Å². The molecule has 0 amide bonds. The average molecular weight is 435 g/mol. The number of guanidine groups is 1. The van der Waals surface area contributed by atoms with Crippen LogP contribution in [0.2, 0.25) is 0 Å². The van der Waals surface area contributed by atoms with E-state index >= 15 is 0 Å². The van der Waals surface area contributed by atoms with Crippen LogP contribution in [0.3, 0.4) is 0 Å². The number of piperidine rings is 1. The van der Waals surface area contributed by atoms with Crippen LogP contribution in [0.1, 0.15) is 24.0 Å². The largest absolute Gasteiger partial charge is 0.511 e. The number of benzene rings is 1. The maximum atomic E-state index is 13.8. The van der Waals surface area contributed by atoms with Gasteiger partial charge in [-0.3, -0.25) is 4.99 Å². The monoisotopic (exact) mass is 435 g/mol. The highest BCUT2D eigenvalue weighted by molar-refractivity contribution is 7.90. The molecular weight excluding hydrogens is 414 g/mol. The number of hydrogen-bond donors (Lipinski definition) is 2. The fourth-order valence-electron chi connectivity index (χ4n) is 2.92.